The van der Waals surface area contributed by atoms with Gasteiger partial charge in [-0.1, -0.05) is 67.9 Å². The van der Waals surface area contributed by atoms with E-state index in [2.05, 4.69) is 24.1 Å². The number of benzene rings is 3. The Labute approximate surface area is 230 Å². The Morgan fingerprint density at radius 3 is 2.42 bits per heavy atom. The van der Waals surface area contributed by atoms with Crippen LogP contribution in [0.4, 0.5) is 10.1 Å². The van der Waals surface area contributed by atoms with Crippen molar-refractivity contribution in [2.75, 3.05) is 38.6 Å². The Hall–Kier alpha value is -2.80. The lowest BCUT2D eigenvalue weighted by molar-refractivity contribution is -0.118. The summed E-state index contributed by atoms with van der Waals surface area (Å²) in [6.07, 6.45) is 2.04. The van der Waals surface area contributed by atoms with E-state index in [1.54, 1.807) is 12.1 Å². The van der Waals surface area contributed by atoms with E-state index in [4.69, 9.17) is 21.1 Å². The van der Waals surface area contributed by atoms with Crippen LogP contribution in [0.5, 0.6) is 11.5 Å². The van der Waals surface area contributed by atoms with Crippen LogP contribution in [-0.2, 0) is 13.0 Å². The molecule has 4 rings (SSSR count). The molecule has 7 heteroatoms. The van der Waals surface area contributed by atoms with E-state index in [1.165, 1.54) is 12.1 Å². The van der Waals surface area contributed by atoms with Gasteiger partial charge in [-0.3, -0.25) is 0 Å². The molecule has 5 nitrogen and oxygen atoms in total. The third-order valence-electron chi connectivity index (χ3n) is 7.55. The fourth-order valence-corrected chi connectivity index (χ4v) is 5.31. The summed E-state index contributed by atoms with van der Waals surface area (Å²) in [6.45, 7) is 7.66. The maximum Gasteiger partial charge on any atom is 0.146 e. The summed E-state index contributed by atoms with van der Waals surface area (Å²) in [5, 5.41) is 15.2. The number of halogens is 2. The minimum Gasteiger partial charge on any atom is -0.491 e. The molecule has 1 aliphatic heterocycles. The topological polar surface area (TPSA) is 54.0 Å². The van der Waals surface area contributed by atoms with E-state index < -0.39 is 5.60 Å². The van der Waals surface area contributed by atoms with Crippen LogP contribution >= 0.6 is 11.6 Å². The Morgan fingerprint density at radius 1 is 1.00 bits per heavy atom. The predicted molar refractivity (Wildman–Crippen MR) is 152 cm³/mol. The first-order valence-electron chi connectivity index (χ1n) is 13.2. The van der Waals surface area contributed by atoms with Crippen molar-refractivity contribution in [3.8, 4) is 11.5 Å². The van der Waals surface area contributed by atoms with E-state index >= 15 is 0 Å². The molecule has 1 aliphatic rings. The largest absolute Gasteiger partial charge is 0.491 e. The second-order valence-electron chi connectivity index (χ2n) is 10.7. The fourth-order valence-electron chi connectivity index (χ4n) is 5.09. The number of rotatable bonds is 11. The highest BCUT2D eigenvalue weighted by Crippen LogP contribution is 2.41. The monoisotopic (exact) mass is 540 g/mol. The van der Waals surface area contributed by atoms with Gasteiger partial charge in [0.05, 0.1) is 22.9 Å². The lowest BCUT2D eigenvalue weighted by Gasteiger charge is -2.50. The predicted octanol–water partition coefficient (Wildman–Crippen LogP) is 6.57. The molecule has 3 aromatic rings. The van der Waals surface area contributed by atoms with E-state index in [0.717, 1.165) is 42.9 Å². The highest BCUT2D eigenvalue weighted by Gasteiger charge is 2.47. The number of aliphatic hydroxyl groups is 1. The summed E-state index contributed by atoms with van der Waals surface area (Å²) in [6, 6.07) is 20.1. The molecule has 0 bridgehead atoms. The summed E-state index contributed by atoms with van der Waals surface area (Å²) in [7, 11) is 1.84. The molecule has 204 valence electrons. The maximum absolute atomic E-state index is 13.3. The molecule has 1 saturated heterocycles. The van der Waals surface area contributed by atoms with Crippen LogP contribution in [-0.4, -0.2) is 48.9 Å². The normalized spacial score (nSPS) is 19.2. The number of hydrogen-bond donors (Lipinski definition) is 2. The molecule has 1 unspecified atom stereocenters. The van der Waals surface area contributed by atoms with Crippen molar-refractivity contribution < 1.29 is 19.0 Å². The second kappa shape index (κ2) is 12.4. The van der Waals surface area contributed by atoms with Gasteiger partial charge in [0, 0.05) is 44.6 Å². The van der Waals surface area contributed by atoms with Crippen LogP contribution < -0.4 is 14.8 Å². The SMILES string of the molecule is CNc1cc(Cl)c(OCc2ccccc2)cc1OCCCN1CCC(O)(Cc2ccc(F)cc2)C(C)(C)C1. The van der Waals surface area contributed by atoms with Crippen molar-refractivity contribution in [1.82, 2.24) is 4.90 Å². The zero-order chi connectivity index (χ0) is 27.2. The van der Waals surface area contributed by atoms with E-state index in [1.807, 2.05) is 49.5 Å². The first kappa shape index (κ1) is 28.2. The molecule has 38 heavy (non-hydrogen) atoms. The number of piperidine rings is 1. The summed E-state index contributed by atoms with van der Waals surface area (Å²) in [5.41, 5.74) is 1.70. The first-order chi connectivity index (χ1) is 18.2. The van der Waals surface area contributed by atoms with Crippen molar-refractivity contribution in [3.05, 3.63) is 88.7 Å². The number of nitrogens with zero attached hydrogens (tertiary/aromatic N) is 1. The van der Waals surface area contributed by atoms with Gasteiger partial charge in [-0.15, -0.1) is 0 Å². The molecule has 1 heterocycles. The minimum atomic E-state index is -0.834. The summed E-state index contributed by atoms with van der Waals surface area (Å²) >= 11 is 6.45. The standard InChI is InChI=1S/C31H38ClFN2O3/c1-30(2)22-35(16-14-31(30,36)20-23-10-12-25(33)13-11-23)15-7-17-37-29-19-28(26(32)18-27(29)34-3)38-21-24-8-5-4-6-9-24/h4-6,8-13,18-19,34,36H,7,14-17,20-22H2,1-3H3. The van der Waals surface area contributed by atoms with Crippen LogP contribution in [0.1, 0.15) is 37.8 Å². The van der Waals surface area contributed by atoms with Gasteiger partial charge in [-0.2, -0.15) is 0 Å². The molecular formula is C31H38ClFN2O3. The molecule has 1 fully saturated rings. The quantitative estimate of drug-likeness (QED) is 0.269. The number of likely N-dealkylation sites (tertiary alicyclic amines) is 1. The molecular weight excluding hydrogens is 503 g/mol. The molecule has 0 saturated carbocycles. The van der Waals surface area contributed by atoms with Crippen molar-refractivity contribution in [2.24, 2.45) is 5.41 Å². The van der Waals surface area contributed by atoms with Gasteiger partial charge < -0.3 is 24.8 Å². The molecule has 1 atom stereocenters. The zero-order valence-electron chi connectivity index (χ0n) is 22.5. The third-order valence-corrected chi connectivity index (χ3v) is 7.84. The molecule has 0 spiro atoms. The lowest BCUT2D eigenvalue weighted by Crippen LogP contribution is -2.58. The number of nitrogens with one attached hydrogen (secondary N) is 1. The van der Waals surface area contributed by atoms with Crippen molar-refractivity contribution in [3.63, 3.8) is 0 Å². The summed E-state index contributed by atoms with van der Waals surface area (Å²) in [4.78, 5) is 2.39. The third kappa shape index (κ3) is 6.99. The van der Waals surface area contributed by atoms with Gasteiger partial charge in [0.15, 0.2) is 0 Å². The Kier molecular flexibility index (Phi) is 9.19. The van der Waals surface area contributed by atoms with Gasteiger partial charge in [0.2, 0.25) is 0 Å². The molecule has 0 aliphatic carbocycles. The lowest BCUT2D eigenvalue weighted by atomic mass is 9.67. The van der Waals surface area contributed by atoms with Crippen molar-refractivity contribution >= 4 is 17.3 Å². The molecule has 0 amide bonds. The Morgan fingerprint density at radius 2 is 1.74 bits per heavy atom. The van der Waals surface area contributed by atoms with Gasteiger partial charge in [-0.25, -0.2) is 4.39 Å². The maximum atomic E-state index is 13.3. The smallest absolute Gasteiger partial charge is 0.146 e. The van der Waals surface area contributed by atoms with Crippen molar-refractivity contribution in [2.45, 2.75) is 45.3 Å². The number of anilines is 1. The van der Waals surface area contributed by atoms with E-state index in [-0.39, 0.29) is 11.2 Å². The van der Waals surface area contributed by atoms with Gasteiger partial charge >= 0.3 is 0 Å². The second-order valence-corrected chi connectivity index (χ2v) is 11.2. The van der Waals surface area contributed by atoms with E-state index in [0.29, 0.717) is 42.6 Å². The van der Waals surface area contributed by atoms with Crippen LogP contribution in [0, 0.1) is 11.2 Å². The highest BCUT2D eigenvalue weighted by atomic mass is 35.5. The Bertz CT molecular complexity index is 1190. The van der Waals surface area contributed by atoms with Crippen LogP contribution in [0.25, 0.3) is 0 Å². The summed E-state index contributed by atoms with van der Waals surface area (Å²) < 4.78 is 25.4. The fraction of sp³-hybridized carbons (Fsp3) is 0.419. The average molecular weight is 541 g/mol. The molecule has 0 radical (unpaired) electrons. The number of ether oxygens (including phenoxy) is 2. The minimum absolute atomic E-state index is 0.256. The first-order valence-corrected chi connectivity index (χ1v) is 13.6. The Balaban J connectivity index is 1.29. The van der Waals surface area contributed by atoms with Gasteiger partial charge in [0.1, 0.15) is 23.9 Å². The molecule has 0 aromatic heterocycles. The summed E-state index contributed by atoms with van der Waals surface area (Å²) in [5.74, 6) is 1.03. The van der Waals surface area contributed by atoms with Crippen molar-refractivity contribution in [1.29, 1.82) is 0 Å². The van der Waals surface area contributed by atoms with Crippen LogP contribution in [0.2, 0.25) is 5.02 Å². The molecule has 3 aromatic carbocycles. The van der Waals surface area contributed by atoms with E-state index in [9.17, 15) is 9.50 Å². The van der Waals surface area contributed by atoms with Gasteiger partial charge in [0.25, 0.3) is 0 Å². The van der Waals surface area contributed by atoms with Crippen LogP contribution in [0.3, 0.4) is 0 Å². The average Bonchev–Trinajstić information content (AvgIpc) is 2.90. The molecule has 2 N–H and O–H groups in total. The highest BCUT2D eigenvalue weighted by molar-refractivity contribution is 6.32. The van der Waals surface area contributed by atoms with Crippen LogP contribution in [0.15, 0.2) is 66.7 Å². The number of hydrogen-bond acceptors (Lipinski definition) is 5. The van der Waals surface area contributed by atoms with Gasteiger partial charge in [-0.05, 0) is 42.2 Å². The zero-order valence-corrected chi connectivity index (χ0v) is 23.2.